The largest absolute Gasteiger partial charge is 0.339 e. The summed E-state index contributed by atoms with van der Waals surface area (Å²) in [6, 6.07) is 10.0. The first-order chi connectivity index (χ1) is 10.1. The number of benzene rings is 1. The molecule has 0 aliphatic carbocycles. The predicted octanol–water partition coefficient (Wildman–Crippen LogP) is 2.71. The van der Waals surface area contributed by atoms with Gasteiger partial charge in [0.1, 0.15) is 0 Å². The van der Waals surface area contributed by atoms with Crippen LogP contribution in [0.2, 0.25) is 0 Å². The Hall–Kier alpha value is -2.17. The van der Waals surface area contributed by atoms with Crippen molar-refractivity contribution in [2.24, 2.45) is 0 Å². The molecule has 1 aromatic heterocycles. The maximum Gasteiger partial charge on any atom is 0.232 e. The van der Waals surface area contributed by atoms with Crippen molar-refractivity contribution in [3.05, 3.63) is 47.6 Å². The Kier molecular flexibility index (Phi) is 3.73. The quantitative estimate of drug-likeness (QED) is 0.866. The molecule has 1 fully saturated rings. The third-order valence-electron chi connectivity index (χ3n) is 3.75. The van der Waals surface area contributed by atoms with Crippen LogP contribution in [-0.4, -0.2) is 27.5 Å². The lowest BCUT2D eigenvalue weighted by Gasteiger charge is -2.15. The average Bonchev–Trinajstić information content (AvgIpc) is 3.08. The lowest BCUT2D eigenvalue weighted by atomic mass is 10.1. The van der Waals surface area contributed by atoms with E-state index in [-0.39, 0.29) is 17.7 Å². The molecule has 1 amide bonds. The number of likely N-dealkylation sites (tertiary alicyclic amines) is 1. The molecule has 0 unspecified atom stereocenters. The predicted molar refractivity (Wildman–Crippen MR) is 77.6 cm³/mol. The first-order valence-electron chi connectivity index (χ1n) is 7.28. The monoisotopic (exact) mass is 285 g/mol. The van der Waals surface area contributed by atoms with Gasteiger partial charge in [0.15, 0.2) is 5.82 Å². The molecule has 0 bridgehead atoms. The molecular formula is C16H19N3O2. The van der Waals surface area contributed by atoms with Crippen LogP contribution >= 0.6 is 0 Å². The van der Waals surface area contributed by atoms with Crippen LogP contribution in [-0.2, 0) is 11.3 Å². The minimum Gasteiger partial charge on any atom is -0.339 e. The van der Waals surface area contributed by atoms with Crippen LogP contribution < -0.4 is 0 Å². The molecule has 0 N–H and O–H groups in total. The molecule has 0 spiro atoms. The molecule has 1 atom stereocenters. The number of nitrogens with zero attached hydrogens (tertiary/aromatic N) is 3. The molecule has 3 rings (SSSR count). The minimum atomic E-state index is 0.0150. The van der Waals surface area contributed by atoms with Gasteiger partial charge >= 0.3 is 0 Å². The van der Waals surface area contributed by atoms with Crippen molar-refractivity contribution < 1.29 is 9.32 Å². The molecule has 2 aromatic rings. The fourth-order valence-electron chi connectivity index (χ4n) is 2.54. The molecule has 5 heteroatoms. The molecule has 0 saturated carbocycles. The van der Waals surface area contributed by atoms with Gasteiger partial charge in [-0.3, -0.25) is 4.79 Å². The second-order valence-corrected chi connectivity index (χ2v) is 5.81. The van der Waals surface area contributed by atoms with E-state index in [9.17, 15) is 4.79 Å². The van der Waals surface area contributed by atoms with Gasteiger partial charge in [0.2, 0.25) is 11.8 Å². The zero-order valence-corrected chi connectivity index (χ0v) is 12.3. The van der Waals surface area contributed by atoms with Crippen LogP contribution in [0.1, 0.15) is 49.4 Å². The standard InChI is InChI=1S/C16H19N3O2/c1-11(2)15-17-16(21-18-15)13-8-14(20)19(10-13)9-12-6-4-3-5-7-12/h3-7,11,13H,8-10H2,1-2H3/t13-/m1/s1. The maximum atomic E-state index is 12.1. The van der Waals surface area contributed by atoms with Crippen LogP contribution in [0.4, 0.5) is 0 Å². The summed E-state index contributed by atoms with van der Waals surface area (Å²) in [6.45, 7) is 5.33. The summed E-state index contributed by atoms with van der Waals surface area (Å²) in [5, 5.41) is 3.98. The Labute approximate surface area is 124 Å². The second kappa shape index (κ2) is 5.68. The lowest BCUT2D eigenvalue weighted by molar-refractivity contribution is -0.128. The van der Waals surface area contributed by atoms with Crippen molar-refractivity contribution in [2.45, 2.75) is 38.6 Å². The summed E-state index contributed by atoms with van der Waals surface area (Å²) in [6.07, 6.45) is 0.451. The molecule has 5 nitrogen and oxygen atoms in total. The highest BCUT2D eigenvalue weighted by atomic mass is 16.5. The van der Waals surface area contributed by atoms with Crippen molar-refractivity contribution in [3.63, 3.8) is 0 Å². The number of carbonyl (C=O) groups excluding carboxylic acids is 1. The lowest BCUT2D eigenvalue weighted by Crippen LogP contribution is -2.24. The topological polar surface area (TPSA) is 59.2 Å². The van der Waals surface area contributed by atoms with Gasteiger partial charge in [-0.15, -0.1) is 0 Å². The van der Waals surface area contributed by atoms with E-state index >= 15 is 0 Å². The SMILES string of the molecule is CC(C)c1noc([C@@H]2CC(=O)N(Cc3ccccc3)C2)n1. The van der Waals surface area contributed by atoms with E-state index in [0.29, 0.717) is 31.2 Å². The van der Waals surface area contributed by atoms with Crippen LogP contribution in [0.3, 0.4) is 0 Å². The van der Waals surface area contributed by atoms with Crippen LogP contribution in [0.25, 0.3) is 0 Å². The molecule has 1 aliphatic heterocycles. The highest BCUT2D eigenvalue weighted by Gasteiger charge is 2.34. The number of hydrogen-bond donors (Lipinski definition) is 0. The highest BCUT2D eigenvalue weighted by Crippen LogP contribution is 2.28. The van der Waals surface area contributed by atoms with E-state index in [4.69, 9.17) is 4.52 Å². The Morgan fingerprint density at radius 3 is 2.76 bits per heavy atom. The van der Waals surface area contributed by atoms with E-state index < -0.39 is 0 Å². The summed E-state index contributed by atoms with van der Waals surface area (Å²) < 4.78 is 5.32. The average molecular weight is 285 g/mol. The van der Waals surface area contributed by atoms with E-state index in [2.05, 4.69) is 10.1 Å². The molecule has 1 saturated heterocycles. The van der Waals surface area contributed by atoms with Gasteiger partial charge in [-0.1, -0.05) is 49.3 Å². The van der Waals surface area contributed by atoms with E-state index in [0.717, 1.165) is 5.56 Å². The first-order valence-corrected chi connectivity index (χ1v) is 7.28. The van der Waals surface area contributed by atoms with Crippen molar-refractivity contribution >= 4 is 5.91 Å². The number of carbonyl (C=O) groups is 1. The highest BCUT2D eigenvalue weighted by molar-refractivity contribution is 5.79. The maximum absolute atomic E-state index is 12.1. The molecule has 1 aromatic carbocycles. The fourth-order valence-corrected chi connectivity index (χ4v) is 2.54. The summed E-state index contributed by atoms with van der Waals surface area (Å²) >= 11 is 0. The molecule has 110 valence electrons. The normalized spacial score (nSPS) is 18.7. The number of hydrogen-bond acceptors (Lipinski definition) is 4. The molecule has 21 heavy (non-hydrogen) atoms. The van der Waals surface area contributed by atoms with Crippen LogP contribution in [0, 0.1) is 0 Å². The zero-order chi connectivity index (χ0) is 14.8. The Morgan fingerprint density at radius 1 is 1.33 bits per heavy atom. The van der Waals surface area contributed by atoms with E-state index in [1.165, 1.54) is 0 Å². The Morgan fingerprint density at radius 2 is 2.10 bits per heavy atom. The Bertz CT molecular complexity index is 621. The van der Waals surface area contributed by atoms with Gasteiger partial charge in [0.25, 0.3) is 0 Å². The van der Waals surface area contributed by atoms with Crippen molar-refractivity contribution in [1.29, 1.82) is 0 Å². The van der Waals surface area contributed by atoms with E-state index in [1.807, 2.05) is 49.1 Å². The smallest absolute Gasteiger partial charge is 0.232 e. The molecular weight excluding hydrogens is 266 g/mol. The van der Waals surface area contributed by atoms with Crippen LogP contribution in [0.15, 0.2) is 34.9 Å². The van der Waals surface area contributed by atoms with Gasteiger partial charge in [0.05, 0.1) is 5.92 Å². The van der Waals surface area contributed by atoms with Gasteiger partial charge in [-0.05, 0) is 5.56 Å². The summed E-state index contributed by atoms with van der Waals surface area (Å²) in [7, 11) is 0. The summed E-state index contributed by atoms with van der Waals surface area (Å²) in [5.74, 6) is 1.69. The molecule has 2 heterocycles. The first kappa shape index (κ1) is 13.8. The fraction of sp³-hybridized carbons (Fsp3) is 0.438. The number of amides is 1. The third kappa shape index (κ3) is 2.96. The zero-order valence-electron chi connectivity index (χ0n) is 12.3. The van der Waals surface area contributed by atoms with Gasteiger partial charge in [-0.25, -0.2) is 0 Å². The number of rotatable bonds is 4. The van der Waals surface area contributed by atoms with E-state index in [1.54, 1.807) is 0 Å². The minimum absolute atomic E-state index is 0.0150. The van der Waals surface area contributed by atoms with Gasteiger partial charge < -0.3 is 9.42 Å². The molecule has 1 aliphatic rings. The van der Waals surface area contributed by atoms with Crippen molar-refractivity contribution in [1.82, 2.24) is 15.0 Å². The summed E-state index contributed by atoms with van der Waals surface area (Å²) in [5.41, 5.74) is 1.14. The molecule has 0 radical (unpaired) electrons. The third-order valence-corrected chi connectivity index (χ3v) is 3.75. The van der Waals surface area contributed by atoms with Crippen molar-refractivity contribution in [2.75, 3.05) is 6.54 Å². The Balaban J connectivity index is 1.69. The van der Waals surface area contributed by atoms with Crippen LogP contribution in [0.5, 0.6) is 0 Å². The summed E-state index contributed by atoms with van der Waals surface area (Å²) in [4.78, 5) is 18.4. The van der Waals surface area contributed by atoms with Crippen molar-refractivity contribution in [3.8, 4) is 0 Å². The second-order valence-electron chi connectivity index (χ2n) is 5.81. The van der Waals surface area contributed by atoms with Gasteiger partial charge in [0, 0.05) is 25.4 Å². The van der Waals surface area contributed by atoms with Gasteiger partial charge in [-0.2, -0.15) is 4.98 Å². The number of aromatic nitrogens is 2.